The molecule has 0 fully saturated rings. The van der Waals surface area contributed by atoms with Gasteiger partial charge in [-0.15, -0.1) is 0 Å². The number of carbonyl (C=O) groups excluding carboxylic acids is 2. The summed E-state index contributed by atoms with van der Waals surface area (Å²) in [5.41, 5.74) is 2.54. The molecule has 12 heteroatoms. The quantitative estimate of drug-likeness (QED) is 0.0348. The summed E-state index contributed by atoms with van der Waals surface area (Å²) in [6, 6.07) is 37.1. The first-order chi connectivity index (χ1) is 29.8. The molecular weight excluding hydrogens is 781 g/mol. The third-order valence-corrected chi connectivity index (χ3v) is 9.24. The Bertz CT molecular complexity index is 2210. The summed E-state index contributed by atoms with van der Waals surface area (Å²) in [6.07, 6.45) is 1.15. The molecule has 0 aromatic heterocycles. The van der Waals surface area contributed by atoms with Gasteiger partial charge in [-0.2, -0.15) is 0 Å². The third-order valence-electron chi connectivity index (χ3n) is 9.24. The highest BCUT2D eigenvalue weighted by Crippen LogP contribution is 2.29. The fraction of sp³-hybridized carbons (Fsp3) is 0.224. The Morgan fingerprint density at radius 1 is 0.492 bits per heavy atom. The van der Waals surface area contributed by atoms with Crippen LogP contribution in [0.2, 0.25) is 0 Å². The molecular formula is C49H48O12. The predicted octanol–water partition coefficient (Wildman–Crippen LogP) is 7.86. The van der Waals surface area contributed by atoms with E-state index >= 15 is 0 Å². The average Bonchev–Trinajstić information content (AvgIpc) is 3.29. The van der Waals surface area contributed by atoms with Gasteiger partial charge in [-0.3, -0.25) is 0 Å². The number of fused-ring (bicyclic) bond motifs is 2. The minimum absolute atomic E-state index is 0.0849. The van der Waals surface area contributed by atoms with Crippen LogP contribution in [0.3, 0.4) is 0 Å². The van der Waals surface area contributed by atoms with Gasteiger partial charge in [0, 0.05) is 0 Å². The van der Waals surface area contributed by atoms with E-state index in [1.54, 1.807) is 24.3 Å². The first-order valence-corrected chi connectivity index (χ1v) is 19.7. The van der Waals surface area contributed by atoms with E-state index in [0.717, 1.165) is 32.7 Å². The highest BCUT2D eigenvalue weighted by atomic mass is 16.6. The second-order valence-corrected chi connectivity index (χ2v) is 13.8. The number of ether oxygens (including phenoxy) is 8. The topological polar surface area (TPSA) is 148 Å². The lowest BCUT2D eigenvalue weighted by molar-refractivity contribution is 0.0124. The molecule has 0 aliphatic carbocycles. The molecule has 2 unspecified atom stereocenters. The van der Waals surface area contributed by atoms with E-state index in [1.165, 1.54) is 12.5 Å². The molecule has 2 atom stereocenters. The smallest absolute Gasteiger partial charge is 0.342 e. The van der Waals surface area contributed by atoms with Gasteiger partial charge >= 0.3 is 11.9 Å². The maximum Gasteiger partial charge on any atom is 0.342 e. The van der Waals surface area contributed by atoms with Crippen LogP contribution in [-0.4, -0.2) is 87.2 Å². The molecule has 0 radical (unpaired) electrons. The second-order valence-electron chi connectivity index (χ2n) is 13.8. The number of carbonyl (C=O) groups is 2. The van der Waals surface area contributed by atoms with Gasteiger partial charge in [0.25, 0.3) is 0 Å². The molecule has 0 amide bonds. The van der Waals surface area contributed by atoms with Crippen LogP contribution >= 0.6 is 0 Å². The van der Waals surface area contributed by atoms with Crippen molar-refractivity contribution in [2.75, 3.05) is 52.9 Å². The summed E-state index contributed by atoms with van der Waals surface area (Å²) in [6.45, 7) is 7.26. The Morgan fingerprint density at radius 2 is 0.869 bits per heavy atom. The standard InChI is InChI=1S/C49H48O12/c1-3-54-21-23-56-46-28-38-11-7-5-9-36(38)26-44(46)48(52)60-32-40(50)30-58-42-17-13-34(14-18-42)25-35-15-19-43(20-16-35)59-31-41(51)33-61-49(53)45-27-37-10-6-8-12-39(37)29-47(45)57-24-22-55-4-2/h3-20,26-29,40-41,50-51H,1-2,21-25,30-33H2. The zero-order valence-corrected chi connectivity index (χ0v) is 33.6. The summed E-state index contributed by atoms with van der Waals surface area (Å²) in [5.74, 6) is 0.545. The number of hydrogen-bond donors (Lipinski definition) is 2. The van der Waals surface area contributed by atoms with Crippen molar-refractivity contribution < 1.29 is 57.7 Å². The van der Waals surface area contributed by atoms with E-state index < -0.39 is 24.1 Å². The van der Waals surface area contributed by atoms with Crippen LogP contribution in [0.25, 0.3) is 21.5 Å². The molecule has 0 saturated heterocycles. The van der Waals surface area contributed by atoms with E-state index in [-0.39, 0.29) is 64.0 Å². The maximum atomic E-state index is 13.1. The fourth-order valence-electron chi connectivity index (χ4n) is 6.19. The summed E-state index contributed by atoms with van der Waals surface area (Å²) in [5, 5.41) is 24.6. The van der Waals surface area contributed by atoms with E-state index in [1.807, 2.05) is 97.1 Å². The minimum Gasteiger partial charge on any atom is -0.498 e. The molecule has 0 saturated carbocycles. The number of rotatable bonds is 24. The van der Waals surface area contributed by atoms with Gasteiger partial charge in [0.05, 0.1) is 12.5 Å². The van der Waals surface area contributed by atoms with Crippen LogP contribution in [0.1, 0.15) is 31.8 Å². The molecule has 0 spiro atoms. The van der Waals surface area contributed by atoms with Crippen molar-refractivity contribution >= 4 is 33.5 Å². The van der Waals surface area contributed by atoms with Crippen molar-refractivity contribution in [2.45, 2.75) is 18.6 Å². The summed E-state index contributed by atoms with van der Waals surface area (Å²) in [4.78, 5) is 26.1. The highest BCUT2D eigenvalue weighted by Gasteiger charge is 2.20. The van der Waals surface area contributed by atoms with Gasteiger partial charge < -0.3 is 48.1 Å². The summed E-state index contributed by atoms with van der Waals surface area (Å²) in [7, 11) is 0. The lowest BCUT2D eigenvalue weighted by Gasteiger charge is -2.15. The Hall–Kier alpha value is -7.02. The molecule has 0 heterocycles. The molecule has 12 nitrogen and oxygen atoms in total. The molecule has 0 bridgehead atoms. The summed E-state index contributed by atoms with van der Waals surface area (Å²) >= 11 is 0. The zero-order valence-electron chi connectivity index (χ0n) is 33.6. The molecule has 0 aliphatic rings. The third kappa shape index (κ3) is 13.0. The maximum absolute atomic E-state index is 13.1. The largest absolute Gasteiger partial charge is 0.498 e. The normalized spacial score (nSPS) is 11.8. The van der Waals surface area contributed by atoms with Crippen LogP contribution in [0.4, 0.5) is 0 Å². The fourth-order valence-corrected chi connectivity index (χ4v) is 6.19. The number of benzene rings is 6. The monoisotopic (exact) mass is 828 g/mol. The van der Waals surface area contributed by atoms with Gasteiger partial charge in [-0.1, -0.05) is 86.0 Å². The van der Waals surface area contributed by atoms with Crippen molar-refractivity contribution in [1.29, 1.82) is 0 Å². The Balaban J connectivity index is 0.916. The van der Waals surface area contributed by atoms with Crippen molar-refractivity contribution in [3.63, 3.8) is 0 Å². The van der Waals surface area contributed by atoms with Crippen molar-refractivity contribution in [2.24, 2.45) is 0 Å². The SMILES string of the molecule is C=COCCOc1cc2ccccc2cc1C(=O)OCC(O)COc1ccc(Cc2ccc(OCC(O)COC(=O)c3cc4ccccc4cc3OCCOC=C)cc2)cc1. The van der Waals surface area contributed by atoms with Crippen LogP contribution in [-0.2, 0) is 25.4 Å². The lowest BCUT2D eigenvalue weighted by atomic mass is 10.0. The second kappa shape index (κ2) is 22.4. The van der Waals surface area contributed by atoms with Crippen molar-refractivity contribution in [3.05, 3.63) is 169 Å². The molecule has 316 valence electrons. The Morgan fingerprint density at radius 3 is 1.25 bits per heavy atom. The number of esters is 2. The number of aliphatic hydroxyl groups excluding tert-OH is 2. The van der Waals surface area contributed by atoms with E-state index in [0.29, 0.717) is 29.4 Å². The predicted molar refractivity (Wildman–Crippen MR) is 230 cm³/mol. The number of hydrogen-bond acceptors (Lipinski definition) is 12. The van der Waals surface area contributed by atoms with Gasteiger partial charge in [0.2, 0.25) is 0 Å². The van der Waals surface area contributed by atoms with E-state index in [2.05, 4.69) is 13.2 Å². The van der Waals surface area contributed by atoms with Crippen LogP contribution in [0.15, 0.2) is 147 Å². The average molecular weight is 829 g/mol. The minimum atomic E-state index is -1.07. The van der Waals surface area contributed by atoms with Crippen LogP contribution in [0, 0.1) is 0 Å². The van der Waals surface area contributed by atoms with Gasteiger partial charge in [0.1, 0.15) is 99.2 Å². The molecule has 61 heavy (non-hydrogen) atoms. The van der Waals surface area contributed by atoms with Crippen molar-refractivity contribution in [1.82, 2.24) is 0 Å². The molecule has 6 aromatic rings. The van der Waals surface area contributed by atoms with E-state index in [4.69, 9.17) is 37.9 Å². The Kier molecular flexibility index (Phi) is 16.0. The van der Waals surface area contributed by atoms with Gasteiger partial charge in [-0.05, 0) is 87.6 Å². The van der Waals surface area contributed by atoms with Crippen molar-refractivity contribution in [3.8, 4) is 23.0 Å². The molecule has 2 N–H and O–H groups in total. The first kappa shape index (κ1) is 43.6. The van der Waals surface area contributed by atoms with E-state index in [9.17, 15) is 19.8 Å². The van der Waals surface area contributed by atoms with Crippen LogP contribution in [0.5, 0.6) is 23.0 Å². The number of aliphatic hydroxyl groups is 2. The zero-order chi connectivity index (χ0) is 42.8. The first-order valence-electron chi connectivity index (χ1n) is 19.7. The summed E-state index contributed by atoms with van der Waals surface area (Å²) < 4.78 is 44.2. The molecule has 6 rings (SSSR count). The highest BCUT2D eigenvalue weighted by molar-refractivity contribution is 5.99. The molecule has 6 aromatic carbocycles. The van der Waals surface area contributed by atoms with Crippen LogP contribution < -0.4 is 18.9 Å². The molecule has 0 aliphatic heterocycles. The Labute approximate surface area is 354 Å². The lowest BCUT2D eigenvalue weighted by Crippen LogP contribution is -2.25. The van der Waals surface area contributed by atoms with Gasteiger partial charge in [-0.25, -0.2) is 9.59 Å². The van der Waals surface area contributed by atoms with Gasteiger partial charge in [0.15, 0.2) is 0 Å².